The number of hydrogen-bond donors (Lipinski definition) is 1. The molecule has 0 aliphatic rings. The molecule has 4 nitrogen and oxygen atoms in total. The minimum absolute atomic E-state index is 0.101. The number of rotatable bonds is 4. The van der Waals surface area contributed by atoms with Crippen molar-refractivity contribution in [2.24, 2.45) is 0 Å². The van der Waals surface area contributed by atoms with Crippen molar-refractivity contribution in [3.63, 3.8) is 0 Å². The number of ketones is 1. The summed E-state index contributed by atoms with van der Waals surface area (Å²) in [5, 5.41) is 0. The van der Waals surface area contributed by atoms with Gasteiger partial charge in [0, 0.05) is 15.7 Å². The second-order valence-corrected chi connectivity index (χ2v) is 7.19. The minimum Gasteiger partial charge on any atom is -0.295 e. The molecule has 0 saturated heterocycles. The number of benzene rings is 2. The molecule has 2 aromatic rings. The van der Waals surface area contributed by atoms with E-state index in [4.69, 9.17) is 0 Å². The molecule has 0 amide bonds. The third-order valence-corrected chi connectivity index (χ3v) is 5.27. The van der Waals surface area contributed by atoms with Gasteiger partial charge < -0.3 is 0 Å². The van der Waals surface area contributed by atoms with Crippen molar-refractivity contribution in [2.75, 3.05) is 4.72 Å². The predicted molar refractivity (Wildman–Crippen MR) is 86.1 cm³/mol. The van der Waals surface area contributed by atoms with Crippen LogP contribution in [0.1, 0.15) is 22.8 Å². The van der Waals surface area contributed by atoms with Gasteiger partial charge in [0.25, 0.3) is 10.0 Å². The maximum atomic E-state index is 12.3. The van der Waals surface area contributed by atoms with Crippen molar-refractivity contribution < 1.29 is 13.2 Å². The van der Waals surface area contributed by atoms with Gasteiger partial charge in [-0.2, -0.15) is 0 Å². The molecule has 110 valence electrons. The molecule has 21 heavy (non-hydrogen) atoms. The van der Waals surface area contributed by atoms with Gasteiger partial charge in [0.1, 0.15) is 0 Å². The summed E-state index contributed by atoms with van der Waals surface area (Å²) in [6, 6.07) is 11.1. The SMILES string of the molecule is CC(=O)c1ccc(S(=O)(=O)Nc2ccc(Br)c(C)c2)cc1. The number of aryl methyl sites for hydroxylation is 1. The summed E-state index contributed by atoms with van der Waals surface area (Å²) in [6.07, 6.45) is 0. The maximum absolute atomic E-state index is 12.3. The smallest absolute Gasteiger partial charge is 0.261 e. The highest BCUT2D eigenvalue weighted by atomic mass is 79.9. The van der Waals surface area contributed by atoms with Crippen LogP contribution in [-0.2, 0) is 10.0 Å². The Morgan fingerprint density at radius 2 is 1.71 bits per heavy atom. The van der Waals surface area contributed by atoms with E-state index in [1.807, 2.05) is 6.92 Å². The highest BCUT2D eigenvalue weighted by Gasteiger charge is 2.14. The molecule has 6 heteroatoms. The van der Waals surface area contributed by atoms with Crippen LogP contribution < -0.4 is 4.72 Å². The van der Waals surface area contributed by atoms with E-state index in [9.17, 15) is 13.2 Å². The third kappa shape index (κ3) is 3.71. The largest absolute Gasteiger partial charge is 0.295 e. The fourth-order valence-electron chi connectivity index (χ4n) is 1.79. The lowest BCUT2D eigenvalue weighted by molar-refractivity contribution is 0.101. The number of sulfonamides is 1. The minimum atomic E-state index is -3.66. The van der Waals surface area contributed by atoms with Crippen molar-refractivity contribution in [3.8, 4) is 0 Å². The predicted octanol–water partition coefficient (Wildman–Crippen LogP) is 3.76. The van der Waals surface area contributed by atoms with E-state index in [0.717, 1.165) is 10.0 Å². The molecule has 2 rings (SSSR count). The molecule has 0 aliphatic heterocycles. The van der Waals surface area contributed by atoms with Gasteiger partial charge in [0.05, 0.1) is 4.90 Å². The lowest BCUT2D eigenvalue weighted by Gasteiger charge is -2.09. The second-order valence-electron chi connectivity index (χ2n) is 4.65. The molecule has 0 heterocycles. The summed E-state index contributed by atoms with van der Waals surface area (Å²) >= 11 is 3.37. The summed E-state index contributed by atoms with van der Waals surface area (Å²) in [5.41, 5.74) is 1.90. The molecule has 1 N–H and O–H groups in total. The van der Waals surface area contributed by atoms with Crippen molar-refractivity contribution in [2.45, 2.75) is 18.7 Å². The average Bonchev–Trinajstić information content (AvgIpc) is 2.43. The number of nitrogens with one attached hydrogen (secondary N) is 1. The molecular formula is C15H14BrNO3S. The monoisotopic (exact) mass is 367 g/mol. The Hall–Kier alpha value is -1.66. The van der Waals surface area contributed by atoms with Crippen LogP contribution in [0.4, 0.5) is 5.69 Å². The standard InChI is InChI=1S/C15H14BrNO3S/c1-10-9-13(5-8-15(10)16)17-21(19,20)14-6-3-12(4-7-14)11(2)18/h3-9,17H,1-2H3. The Labute approximate surface area is 132 Å². The van der Waals surface area contributed by atoms with E-state index < -0.39 is 10.0 Å². The second kappa shape index (κ2) is 5.99. The first kappa shape index (κ1) is 15.7. The number of anilines is 1. The van der Waals surface area contributed by atoms with Gasteiger partial charge in [0.2, 0.25) is 0 Å². The van der Waals surface area contributed by atoms with Crippen LogP contribution in [0.2, 0.25) is 0 Å². The molecule has 0 unspecified atom stereocenters. The van der Waals surface area contributed by atoms with E-state index >= 15 is 0 Å². The van der Waals surface area contributed by atoms with Gasteiger partial charge in [-0.3, -0.25) is 9.52 Å². The molecule has 0 atom stereocenters. The first-order valence-electron chi connectivity index (χ1n) is 6.19. The molecule has 0 bridgehead atoms. The van der Waals surface area contributed by atoms with E-state index in [1.165, 1.54) is 31.2 Å². The van der Waals surface area contributed by atoms with Crippen LogP contribution in [0.5, 0.6) is 0 Å². The topological polar surface area (TPSA) is 63.2 Å². The zero-order chi connectivity index (χ0) is 15.6. The Bertz CT molecular complexity index is 783. The zero-order valence-corrected chi connectivity index (χ0v) is 14.0. The van der Waals surface area contributed by atoms with Crippen LogP contribution >= 0.6 is 15.9 Å². The fraction of sp³-hybridized carbons (Fsp3) is 0.133. The summed E-state index contributed by atoms with van der Waals surface area (Å²) < 4.78 is 28.0. The zero-order valence-electron chi connectivity index (χ0n) is 11.6. The maximum Gasteiger partial charge on any atom is 0.261 e. The van der Waals surface area contributed by atoms with Gasteiger partial charge in [-0.05, 0) is 49.7 Å². The van der Waals surface area contributed by atoms with Crippen LogP contribution in [0.25, 0.3) is 0 Å². The van der Waals surface area contributed by atoms with Gasteiger partial charge >= 0.3 is 0 Å². The molecule has 0 fully saturated rings. The number of carbonyl (C=O) groups is 1. The third-order valence-electron chi connectivity index (χ3n) is 2.98. The Morgan fingerprint density at radius 3 is 2.24 bits per heavy atom. The quantitative estimate of drug-likeness (QED) is 0.836. The van der Waals surface area contributed by atoms with E-state index in [2.05, 4.69) is 20.7 Å². The fourth-order valence-corrected chi connectivity index (χ4v) is 3.09. The van der Waals surface area contributed by atoms with E-state index in [-0.39, 0.29) is 10.7 Å². The normalized spacial score (nSPS) is 11.2. The van der Waals surface area contributed by atoms with Crippen LogP contribution in [-0.4, -0.2) is 14.2 Å². The molecule has 0 aromatic heterocycles. The molecule has 0 spiro atoms. The number of Topliss-reactive ketones (excluding diaryl/α,β-unsaturated/α-hetero) is 1. The Kier molecular flexibility index (Phi) is 4.49. The lowest BCUT2D eigenvalue weighted by atomic mass is 10.2. The van der Waals surface area contributed by atoms with Crippen molar-refractivity contribution in [1.82, 2.24) is 0 Å². The first-order valence-corrected chi connectivity index (χ1v) is 8.47. The first-order chi connectivity index (χ1) is 9.79. The number of halogens is 1. The van der Waals surface area contributed by atoms with Crippen molar-refractivity contribution >= 4 is 37.4 Å². The van der Waals surface area contributed by atoms with Gasteiger partial charge in [-0.1, -0.05) is 28.1 Å². The van der Waals surface area contributed by atoms with E-state index in [1.54, 1.807) is 18.2 Å². The average molecular weight is 368 g/mol. The summed E-state index contributed by atoms with van der Waals surface area (Å²) in [6.45, 7) is 3.32. The molecule has 2 aromatic carbocycles. The van der Waals surface area contributed by atoms with E-state index in [0.29, 0.717) is 11.3 Å². The van der Waals surface area contributed by atoms with Gasteiger partial charge in [-0.25, -0.2) is 8.42 Å². The molecule has 0 aliphatic carbocycles. The van der Waals surface area contributed by atoms with Crippen LogP contribution in [0.3, 0.4) is 0 Å². The lowest BCUT2D eigenvalue weighted by Crippen LogP contribution is -2.13. The molecular weight excluding hydrogens is 354 g/mol. The highest BCUT2D eigenvalue weighted by Crippen LogP contribution is 2.22. The highest BCUT2D eigenvalue weighted by molar-refractivity contribution is 9.10. The van der Waals surface area contributed by atoms with Gasteiger partial charge in [0.15, 0.2) is 5.78 Å². The van der Waals surface area contributed by atoms with Gasteiger partial charge in [-0.15, -0.1) is 0 Å². The molecule has 0 saturated carbocycles. The van der Waals surface area contributed by atoms with Crippen LogP contribution in [0, 0.1) is 6.92 Å². The number of carbonyl (C=O) groups excluding carboxylic acids is 1. The summed E-state index contributed by atoms with van der Waals surface area (Å²) in [7, 11) is -3.66. The Morgan fingerprint density at radius 1 is 1.10 bits per heavy atom. The summed E-state index contributed by atoms with van der Waals surface area (Å²) in [5.74, 6) is -0.101. The van der Waals surface area contributed by atoms with Crippen LogP contribution in [0.15, 0.2) is 51.8 Å². The molecule has 0 radical (unpaired) electrons. The summed E-state index contributed by atoms with van der Waals surface area (Å²) in [4.78, 5) is 11.3. The Balaban J connectivity index is 2.29. The van der Waals surface area contributed by atoms with Crippen molar-refractivity contribution in [3.05, 3.63) is 58.1 Å². The number of hydrogen-bond acceptors (Lipinski definition) is 3. The van der Waals surface area contributed by atoms with Crippen molar-refractivity contribution in [1.29, 1.82) is 0 Å².